The fraction of sp³-hybridized carbons (Fsp3) is 0.714. The summed E-state index contributed by atoms with van der Waals surface area (Å²) in [4.78, 5) is 19.0. The highest BCUT2D eigenvalue weighted by atomic mass is 32.1. The Balaban J connectivity index is 2.23. The van der Waals surface area contributed by atoms with E-state index in [1.165, 1.54) is 25.7 Å². The molecule has 0 spiro atoms. The number of hydrogen-bond donors (Lipinski definition) is 0. The standard InChI is InChI=1S/C14H22N2OS/c1-3-7-12-13(10-17)18-14(15-12)16-9-6-4-5-8-11(16)2/h10-11H,3-9H2,1-2H3. The molecule has 2 rings (SSSR count). The van der Waals surface area contributed by atoms with Gasteiger partial charge in [-0.1, -0.05) is 37.5 Å². The lowest BCUT2D eigenvalue weighted by Crippen LogP contribution is -2.32. The molecule has 1 atom stereocenters. The first-order chi connectivity index (χ1) is 8.76. The zero-order chi connectivity index (χ0) is 13.0. The second-order valence-electron chi connectivity index (χ2n) is 5.07. The Morgan fingerprint density at radius 1 is 1.44 bits per heavy atom. The summed E-state index contributed by atoms with van der Waals surface area (Å²) >= 11 is 1.57. The van der Waals surface area contributed by atoms with Gasteiger partial charge in [-0.2, -0.15) is 0 Å². The maximum absolute atomic E-state index is 11.1. The molecule has 2 heterocycles. The molecule has 3 nitrogen and oxygen atoms in total. The third-order valence-electron chi connectivity index (χ3n) is 3.61. The van der Waals surface area contributed by atoms with Crippen molar-refractivity contribution in [3.05, 3.63) is 10.6 Å². The van der Waals surface area contributed by atoms with Gasteiger partial charge in [0.25, 0.3) is 0 Å². The van der Waals surface area contributed by atoms with Crippen molar-refractivity contribution >= 4 is 22.8 Å². The van der Waals surface area contributed by atoms with Gasteiger partial charge in [0.1, 0.15) is 0 Å². The van der Waals surface area contributed by atoms with E-state index < -0.39 is 0 Å². The van der Waals surface area contributed by atoms with Crippen LogP contribution in [0.2, 0.25) is 0 Å². The zero-order valence-electron chi connectivity index (χ0n) is 11.3. The average molecular weight is 266 g/mol. The molecule has 18 heavy (non-hydrogen) atoms. The quantitative estimate of drug-likeness (QED) is 0.779. The third kappa shape index (κ3) is 2.91. The van der Waals surface area contributed by atoms with Crippen molar-refractivity contribution in [1.82, 2.24) is 4.98 Å². The first kappa shape index (κ1) is 13.5. The van der Waals surface area contributed by atoms with Crippen LogP contribution in [0.15, 0.2) is 0 Å². The number of aromatic nitrogens is 1. The van der Waals surface area contributed by atoms with Crippen molar-refractivity contribution in [2.45, 2.75) is 58.4 Å². The van der Waals surface area contributed by atoms with Crippen molar-refractivity contribution in [1.29, 1.82) is 0 Å². The van der Waals surface area contributed by atoms with Crippen LogP contribution in [-0.4, -0.2) is 23.9 Å². The summed E-state index contributed by atoms with van der Waals surface area (Å²) in [6.45, 7) is 5.48. The molecule has 1 aromatic heterocycles. The highest BCUT2D eigenvalue weighted by Gasteiger charge is 2.21. The topological polar surface area (TPSA) is 33.2 Å². The van der Waals surface area contributed by atoms with Gasteiger partial charge in [0, 0.05) is 12.6 Å². The van der Waals surface area contributed by atoms with E-state index in [1.807, 2.05) is 0 Å². The number of hydrogen-bond acceptors (Lipinski definition) is 4. The Labute approximate surface area is 113 Å². The zero-order valence-corrected chi connectivity index (χ0v) is 12.1. The van der Waals surface area contributed by atoms with Gasteiger partial charge < -0.3 is 4.90 Å². The second kappa shape index (κ2) is 6.32. The van der Waals surface area contributed by atoms with Crippen LogP contribution in [0.4, 0.5) is 5.13 Å². The van der Waals surface area contributed by atoms with Gasteiger partial charge >= 0.3 is 0 Å². The fourth-order valence-electron chi connectivity index (χ4n) is 2.54. The minimum absolute atomic E-state index is 0.549. The molecular formula is C14H22N2OS. The normalized spacial score (nSPS) is 20.8. The van der Waals surface area contributed by atoms with E-state index in [1.54, 1.807) is 11.3 Å². The van der Waals surface area contributed by atoms with E-state index in [0.29, 0.717) is 6.04 Å². The Bertz CT molecular complexity index is 402. The second-order valence-corrected chi connectivity index (χ2v) is 6.08. The van der Waals surface area contributed by atoms with Gasteiger partial charge in [0.05, 0.1) is 10.6 Å². The van der Waals surface area contributed by atoms with Crippen LogP contribution in [0.25, 0.3) is 0 Å². The monoisotopic (exact) mass is 266 g/mol. The average Bonchev–Trinajstić information content (AvgIpc) is 2.64. The van der Waals surface area contributed by atoms with E-state index in [9.17, 15) is 4.79 Å². The molecule has 1 saturated heterocycles. The fourth-order valence-corrected chi connectivity index (χ4v) is 3.60. The van der Waals surface area contributed by atoms with E-state index >= 15 is 0 Å². The third-order valence-corrected chi connectivity index (χ3v) is 4.67. The van der Waals surface area contributed by atoms with Crippen LogP contribution in [0.1, 0.15) is 61.3 Å². The van der Waals surface area contributed by atoms with Gasteiger partial charge in [-0.05, 0) is 26.2 Å². The Kier molecular flexibility index (Phi) is 4.75. The lowest BCUT2D eigenvalue weighted by Gasteiger charge is -2.26. The Morgan fingerprint density at radius 3 is 3.00 bits per heavy atom. The summed E-state index contributed by atoms with van der Waals surface area (Å²) in [7, 11) is 0. The summed E-state index contributed by atoms with van der Waals surface area (Å²) in [5.74, 6) is 0. The van der Waals surface area contributed by atoms with Gasteiger partial charge in [0.15, 0.2) is 11.4 Å². The molecule has 1 aliphatic heterocycles. The van der Waals surface area contributed by atoms with Crippen LogP contribution in [0.5, 0.6) is 0 Å². The Hall–Kier alpha value is -0.900. The largest absolute Gasteiger partial charge is 0.345 e. The molecule has 1 fully saturated rings. The summed E-state index contributed by atoms with van der Waals surface area (Å²) in [5, 5.41) is 1.05. The van der Waals surface area contributed by atoms with E-state index in [4.69, 9.17) is 4.98 Å². The molecule has 1 aliphatic rings. The molecule has 0 amide bonds. The van der Waals surface area contributed by atoms with Crippen molar-refractivity contribution in [2.24, 2.45) is 0 Å². The number of carbonyl (C=O) groups excluding carboxylic acids is 1. The molecule has 100 valence electrons. The molecule has 0 N–H and O–H groups in total. The SMILES string of the molecule is CCCc1nc(N2CCCCCC2C)sc1C=O. The molecule has 0 saturated carbocycles. The highest BCUT2D eigenvalue weighted by Crippen LogP contribution is 2.30. The van der Waals surface area contributed by atoms with E-state index in [0.717, 1.165) is 41.4 Å². The predicted octanol–water partition coefficient (Wildman–Crippen LogP) is 3.68. The first-order valence-electron chi connectivity index (χ1n) is 6.97. The predicted molar refractivity (Wildman–Crippen MR) is 76.8 cm³/mol. The maximum Gasteiger partial charge on any atom is 0.186 e. The summed E-state index contributed by atoms with van der Waals surface area (Å²) in [5.41, 5.74) is 0.990. The summed E-state index contributed by atoms with van der Waals surface area (Å²) < 4.78 is 0. The van der Waals surface area contributed by atoms with E-state index in [-0.39, 0.29) is 0 Å². The molecule has 0 bridgehead atoms. The summed E-state index contributed by atoms with van der Waals surface area (Å²) in [6, 6.07) is 0.549. The molecule has 1 aromatic rings. The number of anilines is 1. The lowest BCUT2D eigenvalue weighted by atomic mass is 10.1. The summed E-state index contributed by atoms with van der Waals surface area (Å²) in [6.07, 6.45) is 8.02. The number of aryl methyl sites for hydroxylation is 1. The molecule has 1 unspecified atom stereocenters. The lowest BCUT2D eigenvalue weighted by molar-refractivity contribution is 0.112. The number of thiazole rings is 1. The van der Waals surface area contributed by atoms with E-state index in [2.05, 4.69) is 18.7 Å². The van der Waals surface area contributed by atoms with Crippen molar-refractivity contribution < 1.29 is 4.79 Å². The van der Waals surface area contributed by atoms with Crippen LogP contribution < -0.4 is 4.90 Å². The molecular weight excluding hydrogens is 244 g/mol. The van der Waals surface area contributed by atoms with Crippen LogP contribution in [-0.2, 0) is 6.42 Å². The Morgan fingerprint density at radius 2 is 2.28 bits per heavy atom. The molecule has 0 aromatic carbocycles. The van der Waals surface area contributed by atoms with Gasteiger partial charge in [-0.25, -0.2) is 4.98 Å². The maximum atomic E-state index is 11.1. The van der Waals surface area contributed by atoms with Gasteiger partial charge in [0.2, 0.25) is 0 Å². The van der Waals surface area contributed by atoms with Gasteiger partial charge in [-0.3, -0.25) is 4.79 Å². The van der Waals surface area contributed by atoms with Crippen LogP contribution >= 0.6 is 11.3 Å². The molecule has 4 heteroatoms. The van der Waals surface area contributed by atoms with Crippen molar-refractivity contribution in [3.8, 4) is 0 Å². The number of aldehydes is 1. The highest BCUT2D eigenvalue weighted by molar-refractivity contribution is 7.17. The van der Waals surface area contributed by atoms with Crippen LogP contribution in [0.3, 0.4) is 0 Å². The number of rotatable bonds is 4. The van der Waals surface area contributed by atoms with Crippen LogP contribution in [0, 0.1) is 0 Å². The smallest absolute Gasteiger partial charge is 0.186 e. The van der Waals surface area contributed by atoms with Gasteiger partial charge in [-0.15, -0.1) is 0 Å². The number of carbonyl (C=O) groups is 1. The van der Waals surface area contributed by atoms with Crippen molar-refractivity contribution in [2.75, 3.05) is 11.4 Å². The minimum atomic E-state index is 0.549. The first-order valence-corrected chi connectivity index (χ1v) is 7.79. The molecule has 0 aliphatic carbocycles. The molecule has 0 radical (unpaired) electrons. The van der Waals surface area contributed by atoms with Crippen molar-refractivity contribution in [3.63, 3.8) is 0 Å². The minimum Gasteiger partial charge on any atom is -0.345 e. The number of nitrogens with zero attached hydrogens (tertiary/aromatic N) is 2.